The summed E-state index contributed by atoms with van der Waals surface area (Å²) in [7, 11) is 1.41. The van der Waals surface area contributed by atoms with E-state index in [0.29, 0.717) is 16.5 Å². The van der Waals surface area contributed by atoms with E-state index in [1.807, 2.05) is 18.2 Å². The average Bonchev–Trinajstić information content (AvgIpc) is 2.48. The van der Waals surface area contributed by atoms with E-state index in [0.717, 1.165) is 15.4 Å². The van der Waals surface area contributed by atoms with Gasteiger partial charge in [0.25, 0.3) is 0 Å². The van der Waals surface area contributed by atoms with E-state index in [1.165, 1.54) is 13.2 Å². The molecule has 3 nitrogen and oxygen atoms in total. The van der Waals surface area contributed by atoms with Gasteiger partial charge < -0.3 is 4.74 Å². The van der Waals surface area contributed by atoms with Crippen molar-refractivity contribution in [3.05, 3.63) is 51.8 Å². The third kappa shape index (κ3) is 2.71. The van der Waals surface area contributed by atoms with Crippen LogP contribution < -0.4 is 4.74 Å². The van der Waals surface area contributed by atoms with Crippen LogP contribution in [0.15, 0.2) is 40.9 Å². The van der Waals surface area contributed by atoms with Gasteiger partial charge in [0, 0.05) is 15.4 Å². The van der Waals surface area contributed by atoms with Crippen LogP contribution in [-0.4, -0.2) is 17.1 Å². The van der Waals surface area contributed by atoms with Gasteiger partial charge in [-0.15, -0.1) is 0 Å². The van der Waals surface area contributed by atoms with Crippen molar-refractivity contribution in [3.63, 3.8) is 0 Å². The van der Waals surface area contributed by atoms with Crippen LogP contribution in [0, 0.1) is 5.82 Å². The van der Waals surface area contributed by atoms with Crippen LogP contribution in [-0.2, 0) is 0 Å². The van der Waals surface area contributed by atoms with Crippen LogP contribution in [0.4, 0.5) is 4.39 Å². The number of halogens is 3. The minimum atomic E-state index is -0.433. The van der Waals surface area contributed by atoms with Crippen molar-refractivity contribution in [3.8, 4) is 17.1 Å². The molecule has 0 N–H and O–H groups in total. The minimum Gasteiger partial charge on any atom is -0.494 e. The van der Waals surface area contributed by atoms with Gasteiger partial charge in [-0.3, -0.25) is 0 Å². The highest BCUT2D eigenvalue weighted by Crippen LogP contribution is 2.29. The maximum absolute atomic E-state index is 13.5. The Morgan fingerprint density at radius 3 is 2.71 bits per heavy atom. The van der Waals surface area contributed by atoms with Crippen molar-refractivity contribution in [2.24, 2.45) is 0 Å². The van der Waals surface area contributed by atoms with Crippen LogP contribution in [0.2, 0.25) is 5.15 Å². The van der Waals surface area contributed by atoms with E-state index in [4.69, 9.17) is 16.3 Å². The Morgan fingerprint density at radius 1 is 1.14 bits per heavy atom. The Morgan fingerprint density at radius 2 is 1.95 bits per heavy atom. The number of hydrogen-bond acceptors (Lipinski definition) is 3. The summed E-state index contributed by atoms with van der Waals surface area (Å²) >= 11 is 9.60. The van der Waals surface area contributed by atoms with Crippen LogP contribution in [0.3, 0.4) is 0 Å². The Bertz CT molecular complexity index is 841. The van der Waals surface area contributed by atoms with Gasteiger partial charge in [0.2, 0.25) is 0 Å². The predicted molar refractivity (Wildman–Crippen MR) is 84.2 cm³/mol. The van der Waals surface area contributed by atoms with E-state index in [1.54, 1.807) is 12.1 Å². The van der Waals surface area contributed by atoms with Gasteiger partial charge in [-0.05, 0) is 36.4 Å². The van der Waals surface area contributed by atoms with Gasteiger partial charge in [-0.25, -0.2) is 14.4 Å². The molecule has 0 unspecified atom stereocenters. The fourth-order valence-electron chi connectivity index (χ4n) is 1.99. The molecule has 0 fully saturated rings. The Balaban J connectivity index is 2.19. The first kappa shape index (κ1) is 14.2. The second-order valence-corrected chi connectivity index (χ2v) is 5.62. The molecule has 0 saturated carbocycles. The molecule has 0 spiro atoms. The largest absolute Gasteiger partial charge is 0.494 e. The molecule has 0 radical (unpaired) electrons. The summed E-state index contributed by atoms with van der Waals surface area (Å²) in [6.07, 6.45) is 0. The number of benzene rings is 2. The zero-order valence-corrected chi connectivity index (χ0v) is 13.2. The van der Waals surface area contributed by atoms with E-state index < -0.39 is 5.82 Å². The van der Waals surface area contributed by atoms with Crippen molar-refractivity contribution in [1.82, 2.24) is 9.97 Å². The quantitative estimate of drug-likeness (QED) is 0.607. The highest BCUT2D eigenvalue weighted by atomic mass is 79.9. The summed E-state index contributed by atoms with van der Waals surface area (Å²) in [5, 5.41) is 1.10. The Labute approximate surface area is 133 Å². The molecule has 0 amide bonds. The van der Waals surface area contributed by atoms with E-state index in [2.05, 4.69) is 25.9 Å². The highest BCUT2D eigenvalue weighted by molar-refractivity contribution is 9.10. The number of nitrogens with zero attached hydrogens (tertiary/aromatic N) is 2. The average molecular weight is 368 g/mol. The number of rotatable bonds is 2. The molecule has 106 valence electrons. The molecule has 1 heterocycles. The molecule has 0 saturated heterocycles. The lowest BCUT2D eigenvalue weighted by Crippen LogP contribution is -1.94. The van der Waals surface area contributed by atoms with Gasteiger partial charge in [0.1, 0.15) is 5.15 Å². The molecule has 1 aromatic heterocycles. The van der Waals surface area contributed by atoms with Crippen LogP contribution in [0.5, 0.6) is 5.75 Å². The van der Waals surface area contributed by atoms with Crippen molar-refractivity contribution in [2.75, 3.05) is 7.11 Å². The molecule has 0 aliphatic rings. The second kappa shape index (κ2) is 5.58. The number of fused-ring (bicyclic) bond motifs is 1. The zero-order valence-electron chi connectivity index (χ0n) is 10.9. The molecular formula is C15H9BrClFN2O. The molecule has 2 aromatic carbocycles. The molecular weight excluding hydrogens is 359 g/mol. The van der Waals surface area contributed by atoms with Crippen molar-refractivity contribution in [2.45, 2.75) is 0 Å². The van der Waals surface area contributed by atoms with Crippen LogP contribution >= 0.6 is 27.5 Å². The molecule has 0 bridgehead atoms. The predicted octanol–water partition coefficient (Wildman–Crippen LogP) is 4.86. The lowest BCUT2D eigenvalue weighted by molar-refractivity contribution is 0.387. The smallest absolute Gasteiger partial charge is 0.165 e. The molecule has 21 heavy (non-hydrogen) atoms. The zero-order chi connectivity index (χ0) is 15.0. The Kier molecular flexibility index (Phi) is 3.78. The highest BCUT2D eigenvalue weighted by Gasteiger charge is 2.11. The minimum absolute atomic E-state index is 0.142. The maximum Gasteiger partial charge on any atom is 0.165 e. The van der Waals surface area contributed by atoms with Crippen molar-refractivity contribution < 1.29 is 9.13 Å². The number of hydrogen-bond donors (Lipinski definition) is 0. The molecule has 0 aliphatic carbocycles. The summed E-state index contributed by atoms with van der Waals surface area (Å²) in [6.45, 7) is 0. The molecule has 0 aliphatic heterocycles. The monoisotopic (exact) mass is 366 g/mol. The SMILES string of the molecule is COc1cc(-c2nc(Cl)c3cc(Br)ccc3n2)ccc1F. The molecule has 3 aromatic rings. The molecule has 3 rings (SSSR count). The van der Waals surface area contributed by atoms with Gasteiger partial charge in [0.05, 0.1) is 12.6 Å². The Hall–Kier alpha value is -1.72. The van der Waals surface area contributed by atoms with Gasteiger partial charge in [-0.2, -0.15) is 0 Å². The topological polar surface area (TPSA) is 35.0 Å². The van der Waals surface area contributed by atoms with Crippen molar-refractivity contribution >= 4 is 38.4 Å². The van der Waals surface area contributed by atoms with E-state index >= 15 is 0 Å². The molecule has 0 atom stereocenters. The normalized spacial score (nSPS) is 10.9. The van der Waals surface area contributed by atoms with Crippen molar-refractivity contribution in [1.29, 1.82) is 0 Å². The summed E-state index contributed by atoms with van der Waals surface area (Å²) < 4.78 is 19.3. The standard InChI is InChI=1S/C15H9BrClFN2O/c1-21-13-6-8(2-4-11(13)18)15-19-12-5-3-9(16)7-10(12)14(17)20-15/h2-7H,1H3. The van der Waals surface area contributed by atoms with E-state index in [9.17, 15) is 4.39 Å². The number of methoxy groups -OCH3 is 1. The van der Waals surface area contributed by atoms with Crippen LogP contribution in [0.25, 0.3) is 22.3 Å². The first-order valence-corrected chi connectivity index (χ1v) is 7.22. The summed E-state index contributed by atoms with van der Waals surface area (Å²) in [6, 6.07) is 10.0. The first-order valence-electron chi connectivity index (χ1n) is 6.05. The second-order valence-electron chi connectivity index (χ2n) is 4.35. The lowest BCUT2D eigenvalue weighted by atomic mass is 10.2. The fraction of sp³-hybridized carbons (Fsp3) is 0.0667. The van der Waals surface area contributed by atoms with Gasteiger partial charge in [-0.1, -0.05) is 27.5 Å². The summed E-state index contributed by atoms with van der Waals surface area (Å²) in [4.78, 5) is 8.73. The van der Waals surface area contributed by atoms with E-state index in [-0.39, 0.29) is 5.75 Å². The first-order chi connectivity index (χ1) is 10.1. The lowest BCUT2D eigenvalue weighted by Gasteiger charge is -2.07. The summed E-state index contributed by atoms with van der Waals surface area (Å²) in [5.41, 5.74) is 1.36. The third-order valence-corrected chi connectivity index (χ3v) is 3.80. The number of ether oxygens (including phenoxy) is 1. The molecule has 6 heteroatoms. The third-order valence-electron chi connectivity index (χ3n) is 3.02. The van der Waals surface area contributed by atoms with Gasteiger partial charge in [0.15, 0.2) is 17.4 Å². The number of aromatic nitrogens is 2. The fourth-order valence-corrected chi connectivity index (χ4v) is 2.58. The summed E-state index contributed by atoms with van der Waals surface area (Å²) in [5.74, 6) is 0.133. The van der Waals surface area contributed by atoms with Crippen LogP contribution in [0.1, 0.15) is 0 Å². The van der Waals surface area contributed by atoms with Gasteiger partial charge >= 0.3 is 0 Å². The maximum atomic E-state index is 13.5.